The molecule has 0 aliphatic rings. The van der Waals surface area contributed by atoms with E-state index in [1.807, 2.05) is 13.8 Å². The molecule has 0 aromatic heterocycles. The molecule has 1 rings (SSSR count). The van der Waals surface area contributed by atoms with E-state index in [4.69, 9.17) is 5.73 Å². The SMILES string of the molecule is CC(C)CNC(=O)C(C)NS(=O)(=O)Cc1cccc(N)c1. The van der Waals surface area contributed by atoms with Crippen molar-refractivity contribution < 1.29 is 13.2 Å². The summed E-state index contributed by atoms with van der Waals surface area (Å²) in [6.07, 6.45) is 0. The molecule has 0 saturated carbocycles. The molecule has 0 aliphatic carbocycles. The summed E-state index contributed by atoms with van der Waals surface area (Å²) in [5, 5.41) is 2.69. The van der Waals surface area contributed by atoms with Gasteiger partial charge in [0.25, 0.3) is 0 Å². The standard InChI is InChI=1S/C14H23N3O3S/c1-10(2)8-16-14(18)11(3)17-21(19,20)9-12-5-4-6-13(15)7-12/h4-7,10-11,17H,8-9,15H2,1-3H3,(H,16,18). The molecule has 0 fully saturated rings. The summed E-state index contributed by atoms with van der Waals surface area (Å²) < 4.78 is 26.4. The molecule has 21 heavy (non-hydrogen) atoms. The third kappa shape index (κ3) is 6.59. The number of sulfonamides is 1. The van der Waals surface area contributed by atoms with Gasteiger partial charge in [-0.15, -0.1) is 0 Å². The highest BCUT2D eigenvalue weighted by molar-refractivity contribution is 7.88. The number of nitrogen functional groups attached to an aromatic ring is 1. The summed E-state index contributed by atoms with van der Waals surface area (Å²) in [5.74, 6) is -0.232. The van der Waals surface area contributed by atoms with Crippen molar-refractivity contribution in [1.29, 1.82) is 0 Å². The van der Waals surface area contributed by atoms with E-state index in [1.165, 1.54) is 6.92 Å². The first kappa shape index (κ1) is 17.5. The van der Waals surface area contributed by atoms with Crippen LogP contribution in [-0.4, -0.2) is 26.9 Å². The van der Waals surface area contributed by atoms with Crippen LogP contribution in [0.15, 0.2) is 24.3 Å². The molecule has 0 heterocycles. The van der Waals surface area contributed by atoms with E-state index in [-0.39, 0.29) is 11.7 Å². The Morgan fingerprint density at radius 1 is 1.29 bits per heavy atom. The number of carbonyl (C=O) groups excluding carboxylic acids is 1. The molecule has 1 aromatic carbocycles. The van der Waals surface area contributed by atoms with E-state index >= 15 is 0 Å². The Kier molecular flexibility index (Phi) is 6.17. The monoisotopic (exact) mass is 313 g/mol. The highest BCUT2D eigenvalue weighted by Gasteiger charge is 2.20. The van der Waals surface area contributed by atoms with Gasteiger partial charge in [0.2, 0.25) is 15.9 Å². The Morgan fingerprint density at radius 3 is 2.52 bits per heavy atom. The van der Waals surface area contributed by atoms with Crippen molar-refractivity contribution >= 4 is 21.6 Å². The van der Waals surface area contributed by atoms with Gasteiger partial charge in [0.15, 0.2) is 0 Å². The molecule has 7 heteroatoms. The summed E-state index contributed by atoms with van der Waals surface area (Å²) in [4.78, 5) is 11.8. The van der Waals surface area contributed by atoms with Crippen molar-refractivity contribution in [3.05, 3.63) is 29.8 Å². The molecule has 1 amide bonds. The molecule has 4 N–H and O–H groups in total. The van der Waals surface area contributed by atoms with E-state index in [2.05, 4.69) is 10.0 Å². The van der Waals surface area contributed by atoms with E-state index in [9.17, 15) is 13.2 Å². The summed E-state index contributed by atoms with van der Waals surface area (Å²) in [7, 11) is -3.60. The average Bonchev–Trinajstić information content (AvgIpc) is 2.34. The van der Waals surface area contributed by atoms with E-state index < -0.39 is 16.1 Å². The molecule has 1 atom stereocenters. The van der Waals surface area contributed by atoms with Crippen LogP contribution < -0.4 is 15.8 Å². The summed E-state index contributed by atoms with van der Waals surface area (Å²) in [5.41, 5.74) is 6.70. The number of benzene rings is 1. The van der Waals surface area contributed by atoms with Gasteiger partial charge in [-0.05, 0) is 30.5 Å². The fourth-order valence-corrected chi connectivity index (χ4v) is 3.07. The minimum atomic E-state index is -3.60. The highest BCUT2D eigenvalue weighted by atomic mass is 32.2. The minimum absolute atomic E-state index is 0.208. The zero-order valence-corrected chi connectivity index (χ0v) is 13.4. The third-order valence-corrected chi connectivity index (χ3v) is 4.17. The Balaban J connectivity index is 2.61. The summed E-state index contributed by atoms with van der Waals surface area (Å²) >= 11 is 0. The molecule has 6 nitrogen and oxygen atoms in total. The molecular weight excluding hydrogens is 290 g/mol. The van der Waals surface area contributed by atoms with Crippen LogP contribution >= 0.6 is 0 Å². The molecule has 0 radical (unpaired) electrons. The first-order valence-corrected chi connectivity index (χ1v) is 8.47. The largest absolute Gasteiger partial charge is 0.399 e. The maximum Gasteiger partial charge on any atom is 0.237 e. The second-order valence-corrected chi connectivity index (χ2v) is 7.24. The number of nitrogens with two attached hydrogens (primary N) is 1. The van der Waals surface area contributed by atoms with Crippen molar-refractivity contribution in [1.82, 2.24) is 10.0 Å². The van der Waals surface area contributed by atoms with Crippen molar-refractivity contribution in [3.63, 3.8) is 0 Å². The lowest BCUT2D eigenvalue weighted by Crippen LogP contribution is -2.45. The van der Waals surface area contributed by atoms with Crippen LogP contribution in [0.5, 0.6) is 0 Å². The van der Waals surface area contributed by atoms with Crippen molar-refractivity contribution in [2.75, 3.05) is 12.3 Å². The van der Waals surface area contributed by atoms with Gasteiger partial charge in [-0.2, -0.15) is 0 Å². The molecule has 0 saturated heterocycles. The van der Waals surface area contributed by atoms with Crippen LogP contribution in [0.2, 0.25) is 0 Å². The van der Waals surface area contributed by atoms with Crippen LogP contribution in [0.1, 0.15) is 26.3 Å². The molecule has 0 aliphatic heterocycles. The summed E-state index contributed by atoms with van der Waals surface area (Å²) in [6, 6.07) is 5.85. The van der Waals surface area contributed by atoms with Gasteiger partial charge in [0.05, 0.1) is 11.8 Å². The maximum atomic E-state index is 12.0. The van der Waals surface area contributed by atoms with Gasteiger partial charge in [0.1, 0.15) is 0 Å². The number of anilines is 1. The van der Waals surface area contributed by atoms with Crippen molar-refractivity contribution in [3.8, 4) is 0 Å². The molecule has 1 unspecified atom stereocenters. The zero-order valence-electron chi connectivity index (χ0n) is 12.6. The van der Waals surface area contributed by atoms with Gasteiger partial charge in [-0.3, -0.25) is 4.79 Å². The number of amides is 1. The van der Waals surface area contributed by atoms with Gasteiger partial charge >= 0.3 is 0 Å². The second-order valence-electron chi connectivity index (χ2n) is 5.48. The van der Waals surface area contributed by atoms with Gasteiger partial charge < -0.3 is 11.1 Å². The van der Waals surface area contributed by atoms with Crippen molar-refractivity contribution in [2.45, 2.75) is 32.6 Å². The lowest BCUT2D eigenvalue weighted by molar-refractivity contribution is -0.122. The van der Waals surface area contributed by atoms with Gasteiger partial charge in [0, 0.05) is 12.2 Å². The third-order valence-electron chi connectivity index (χ3n) is 2.74. The predicted molar refractivity (Wildman–Crippen MR) is 83.9 cm³/mol. The predicted octanol–water partition coefficient (Wildman–Crippen LogP) is 0.849. The van der Waals surface area contributed by atoms with Crippen LogP contribution in [-0.2, 0) is 20.6 Å². The van der Waals surface area contributed by atoms with Crippen molar-refractivity contribution in [2.24, 2.45) is 5.92 Å². The Hall–Kier alpha value is -1.60. The molecule has 1 aromatic rings. The number of hydrogen-bond acceptors (Lipinski definition) is 4. The van der Waals surface area contributed by atoms with Crippen LogP contribution in [0, 0.1) is 5.92 Å². The lowest BCUT2D eigenvalue weighted by atomic mass is 10.2. The zero-order chi connectivity index (χ0) is 16.0. The number of hydrogen-bond donors (Lipinski definition) is 3. The number of rotatable bonds is 7. The molecule has 0 spiro atoms. The highest BCUT2D eigenvalue weighted by Crippen LogP contribution is 2.10. The maximum absolute atomic E-state index is 12.0. The average molecular weight is 313 g/mol. The van der Waals surface area contributed by atoms with Gasteiger partial charge in [-0.1, -0.05) is 26.0 Å². The minimum Gasteiger partial charge on any atom is -0.399 e. The van der Waals surface area contributed by atoms with Crippen LogP contribution in [0.4, 0.5) is 5.69 Å². The fourth-order valence-electron chi connectivity index (χ4n) is 1.72. The first-order chi connectivity index (χ1) is 9.69. The topological polar surface area (TPSA) is 101 Å². The Morgan fingerprint density at radius 2 is 1.95 bits per heavy atom. The Bertz CT molecular complexity index is 585. The first-order valence-electron chi connectivity index (χ1n) is 6.82. The Labute approximate surface area is 126 Å². The quantitative estimate of drug-likeness (QED) is 0.649. The van der Waals surface area contributed by atoms with Crippen LogP contribution in [0.3, 0.4) is 0 Å². The molecular formula is C14H23N3O3S. The smallest absolute Gasteiger partial charge is 0.237 e. The number of nitrogens with one attached hydrogen (secondary N) is 2. The lowest BCUT2D eigenvalue weighted by Gasteiger charge is -2.15. The van der Waals surface area contributed by atoms with E-state index in [0.717, 1.165) is 0 Å². The molecule has 0 bridgehead atoms. The fraction of sp³-hybridized carbons (Fsp3) is 0.500. The second kappa shape index (κ2) is 7.42. The normalized spacial score (nSPS) is 13.1. The van der Waals surface area contributed by atoms with E-state index in [1.54, 1.807) is 24.3 Å². The molecule has 118 valence electrons. The number of carbonyl (C=O) groups is 1. The van der Waals surface area contributed by atoms with E-state index in [0.29, 0.717) is 23.7 Å². The summed E-state index contributed by atoms with van der Waals surface area (Å²) in [6.45, 7) is 5.97. The van der Waals surface area contributed by atoms with Gasteiger partial charge in [-0.25, -0.2) is 13.1 Å². The van der Waals surface area contributed by atoms with Crippen LogP contribution in [0.25, 0.3) is 0 Å².